The van der Waals surface area contributed by atoms with Gasteiger partial charge in [0.2, 0.25) is 0 Å². The van der Waals surface area contributed by atoms with E-state index < -0.39 is 16.9 Å². The molecule has 0 saturated carbocycles. The van der Waals surface area contributed by atoms with Crippen LogP contribution in [0.5, 0.6) is 0 Å². The van der Waals surface area contributed by atoms with Crippen molar-refractivity contribution in [2.75, 3.05) is 0 Å². The molecule has 1 aromatic rings. The molecule has 0 saturated heterocycles. The molecule has 0 aliphatic heterocycles. The van der Waals surface area contributed by atoms with Gasteiger partial charge < -0.3 is 10.4 Å². The zero-order valence-corrected chi connectivity index (χ0v) is 12.3. The first-order chi connectivity index (χ1) is 8.58. The highest BCUT2D eigenvalue weighted by Gasteiger charge is 2.43. The minimum absolute atomic E-state index is 0.306. The highest BCUT2D eigenvalue weighted by molar-refractivity contribution is 6.31. The van der Waals surface area contributed by atoms with Crippen molar-refractivity contribution in [2.24, 2.45) is 5.41 Å². The Bertz CT molecular complexity index is 486. The molecule has 0 fully saturated rings. The largest absolute Gasteiger partial charge is 0.481 e. The summed E-state index contributed by atoms with van der Waals surface area (Å²) in [6.45, 7) is 7.20. The second-order valence-corrected chi connectivity index (χ2v) is 6.05. The van der Waals surface area contributed by atoms with Gasteiger partial charge in [-0.2, -0.15) is 0 Å². The smallest absolute Gasteiger partial charge is 0.310 e. The van der Waals surface area contributed by atoms with E-state index in [1.807, 2.05) is 0 Å². The normalized spacial score (nSPS) is 12.5. The summed E-state index contributed by atoms with van der Waals surface area (Å²) >= 11 is 5.98. The number of carboxylic acids is 1. The van der Waals surface area contributed by atoms with Crippen LogP contribution in [0.2, 0.25) is 5.02 Å². The highest BCUT2D eigenvalue weighted by atomic mass is 35.5. The molecule has 2 N–H and O–H groups in total. The Kier molecular flexibility index (Phi) is 4.59. The van der Waals surface area contributed by atoms with Crippen LogP contribution >= 0.6 is 11.6 Å². The lowest BCUT2D eigenvalue weighted by atomic mass is 9.74. The van der Waals surface area contributed by atoms with E-state index in [4.69, 9.17) is 11.6 Å². The van der Waals surface area contributed by atoms with Gasteiger partial charge in [0.25, 0.3) is 0 Å². The zero-order chi connectivity index (χ0) is 14.8. The topological polar surface area (TPSA) is 49.3 Å². The molecule has 1 rings (SSSR count). The minimum Gasteiger partial charge on any atom is -0.481 e. The first-order valence-electron chi connectivity index (χ1n) is 6.00. The number of benzene rings is 1. The van der Waals surface area contributed by atoms with Crippen molar-refractivity contribution in [1.82, 2.24) is 5.32 Å². The molecule has 0 unspecified atom stereocenters. The number of hydrogen-bond acceptors (Lipinski definition) is 2. The van der Waals surface area contributed by atoms with Crippen LogP contribution in [-0.2, 0) is 11.3 Å². The number of aliphatic carboxylic acids is 1. The van der Waals surface area contributed by atoms with Gasteiger partial charge in [0.1, 0.15) is 5.82 Å². The molecule has 5 heteroatoms. The lowest BCUT2D eigenvalue weighted by Gasteiger charge is -2.39. The van der Waals surface area contributed by atoms with E-state index in [-0.39, 0.29) is 5.82 Å². The molecule has 0 aliphatic carbocycles. The molecule has 0 amide bonds. The maximum atomic E-state index is 13.1. The lowest BCUT2D eigenvalue weighted by Crippen LogP contribution is -2.54. The van der Waals surface area contributed by atoms with Crippen molar-refractivity contribution < 1.29 is 14.3 Å². The molecule has 3 nitrogen and oxygen atoms in total. The third-order valence-electron chi connectivity index (χ3n) is 3.83. The quantitative estimate of drug-likeness (QED) is 0.872. The van der Waals surface area contributed by atoms with E-state index in [0.717, 1.165) is 0 Å². The van der Waals surface area contributed by atoms with Crippen LogP contribution in [0.15, 0.2) is 18.2 Å². The second-order valence-electron chi connectivity index (χ2n) is 5.64. The van der Waals surface area contributed by atoms with Gasteiger partial charge in [-0.05, 0) is 51.5 Å². The van der Waals surface area contributed by atoms with Crippen LogP contribution in [0, 0.1) is 11.2 Å². The van der Waals surface area contributed by atoms with Gasteiger partial charge in [-0.1, -0.05) is 11.6 Å². The number of rotatable bonds is 5. The summed E-state index contributed by atoms with van der Waals surface area (Å²) in [6.07, 6.45) is 0. The molecule has 0 heterocycles. The minimum atomic E-state index is -0.965. The van der Waals surface area contributed by atoms with Crippen LogP contribution < -0.4 is 5.32 Å². The summed E-state index contributed by atoms with van der Waals surface area (Å²) in [6, 6.07) is 4.13. The van der Waals surface area contributed by atoms with E-state index in [0.29, 0.717) is 17.1 Å². The van der Waals surface area contributed by atoms with Crippen LogP contribution in [0.3, 0.4) is 0 Å². The van der Waals surface area contributed by atoms with Crippen LogP contribution in [-0.4, -0.2) is 16.6 Å². The molecular weight excluding hydrogens is 269 g/mol. The van der Waals surface area contributed by atoms with Crippen LogP contribution in [0.25, 0.3) is 0 Å². The monoisotopic (exact) mass is 287 g/mol. The van der Waals surface area contributed by atoms with Gasteiger partial charge in [0.15, 0.2) is 0 Å². The molecule has 0 aromatic heterocycles. The Morgan fingerprint density at radius 1 is 1.37 bits per heavy atom. The van der Waals surface area contributed by atoms with Gasteiger partial charge >= 0.3 is 5.97 Å². The summed E-state index contributed by atoms with van der Waals surface area (Å²) < 4.78 is 13.1. The van der Waals surface area contributed by atoms with E-state index in [9.17, 15) is 14.3 Å². The van der Waals surface area contributed by atoms with Gasteiger partial charge in [0, 0.05) is 17.1 Å². The fraction of sp³-hybridized carbons (Fsp3) is 0.500. The summed E-state index contributed by atoms with van der Waals surface area (Å²) in [5.41, 5.74) is -1.03. The van der Waals surface area contributed by atoms with Crippen molar-refractivity contribution in [2.45, 2.75) is 39.8 Å². The Balaban J connectivity index is 2.86. The van der Waals surface area contributed by atoms with Gasteiger partial charge in [-0.3, -0.25) is 4.79 Å². The first kappa shape index (κ1) is 15.9. The van der Waals surface area contributed by atoms with Crippen molar-refractivity contribution in [3.63, 3.8) is 0 Å². The Hall–Kier alpha value is -1.13. The van der Waals surface area contributed by atoms with Gasteiger partial charge in [0.05, 0.1) is 5.41 Å². The average molecular weight is 288 g/mol. The van der Waals surface area contributed by atoms with Crippen molar-refractivity contribution >= 4 is 17.6 Å². The van der Waals surface area contributed by atoms with Gasteiger partial charge in [-0.15, -0.1) is 0 Å². The van der Waals surface area contributed by atoms with Crippen molar-refractivity contribution in [3.05, 3.63) is 34.6 Å². The summed E-state index contributed by atoms with van der Waals surface area (Å²) in [5, 5.41) is 12.8. The summed E-state index contributed by atoms with van der Waals surface area (Å²) in [5.74, 6) is -1.26. The third-order valence-corrected chi connectivity index (χ3v) is 4.19. The SMILES string of the molecule is CC(C)(NCc1cc(F)ccc1Cl)C(C)(C)C(=O)O. The maximum Gasteiger partial charge on any atom is 0.310 e. The first-order valence-corrected chi connectivity index (χ1v) is 6.38. The summed E-state index contributed by atoms with van der Waals surface area (Å²) in [7, 11) is 0. The highest BCUT2D eigenvalue weighted by Crippen LogP contribution is 2.31. The Labute approximate surface area is 117 Å². The predicted molar refractivity (Wildman–Crippen MR) is 73.7 cm³/mol. The maximum absolute atomic E-state index is 13.1. The molecule has 0 bridgehead atoms. The van der Waals surface area contributed by atoms with Crippen LogP contribution in [0.4, 0.5) is 4.39 Å². The molecule has 0 atom stereocenters. The molecule has 1 aromatic carbocycles. The number of nitrogens with one attached hydrogen (secondary N) is 1. The van der Waals surface area contributed by atoms with E-state index in [1.54, 1.807) is 27.7 Å². The zero-order valence-electron chi connectivity index (χ0n) is 11.6. The van der Waals surface area contributed by atoms with Gasteiger partial charge in [-0.25, -0.2) is 4.39 Å². The summed E-state index contributed by atoms with van der Waals surface area (Å²) in [4.78, 5) is 11.3. The predicted octanol–water partition coefficient (Wildman–Crippen LogP) is 3.46. The Morgan fingerprint density at radius 3 is 2.47 bits per heavy atom. The molecule has 19 heavy (non-hydrogen) atoms. The van der Waals surface area contributed by atoms with Crippen LogP contribution in [0.1, 0.15) is 33.3 Å². The average Bonchev–Trinajstić information content (AvgIpc) is 2.30. The third kappa shape index (κ3) is 3.45. The van der Waals surface area contributed by atoms with E-state index >= 15 is 0 Å². The second kappa shape index (κ2) is 5.47. The standard InChI is InChI=1S/C14H19ClFNO2/c1-13(2,12(18)19)14(3,4)17-8-9-7-10(16)5-6-11(9)15/h5-7,17H,8H2,1-4H3,(H,18,19). The molecule has 0 spiro atoms. The van der Waals surface area contributed by atoms with E-state index in [1.165, 1.54) is 18.2 Å². The van der Waals surface area contributed by atoms with E-state index in [2.05, 4.69) is 5.32 Å². The fourth-order valence-corrected chi connectivity index (χ4v) is 1.67. The molecule has 106 valence electrons. The molecule has 0 aliphatic rings. The van der Waals surface area contributed by atoms with Crippen molar-refractivity contribution in [3.8, 4) is 0 Å². The number of carboxylic acid groups (broad SMARTS) is 1. The number of halogens is 2. The molecule has 0 radical (unpaired) electrons. The fourth-order valence-electron chi connectivity index (χ4n) is 1.48. The Morgan fingerprint density at radius 2 is 1.95 bits per heavy atom. The number of hydrogen-bond donors (Lipinski definition) is 2. The van der Waals surface area contributed by atoms with Crippen molar-refractivity contribution in [1.29, 1.82) is 0 Å². The lowest BCUT2D eigenvalue weighted by molar-refractivity contribution is -0.151. The molecular formula is C14H19ClFNO2. The number of carbonyl (C=O) groups is 1.